The highest BCUT2D eigenvalue weighted by Gasteiger charge is 2.34. The molecule has 3 atom stereocenters. The van der Waals surface area contributed by atoms with Gasteiger partial charge in [-0.2, -0.15) is 0 Å². The number of ether oxygens (including phenoxy) is 2. The monoisotopic (exact) mass is 376 g/mol. The molecule has 0 aromatic heterocycles. The molecule has 0 saturated heterocycles. The van der Waals surface area contributed by atoms with Gasteiger partial charge in [0.2, 0.25) is 0 Å². The van der Waals surface area contributed by atoms with Gasteiger partial charge in [-0.1, -0.05) is 28.9 Å². The Labute approximate surface area is 125 Å². The molecule has 1 aromatic rings. The Balaban J connectivity index is 2.42. The largest absolute Gasteiger partial charge is 0.495 e. The van der Waals surface area contributed by atoms with Crippen LogP contribution in [0.2, 0.25) is 0 Å². The number of benzene rings is 1. The van der Waals surface area contributed by atoms with Crippen LogP contribution in [0.3, 0.4) is 0 Å². The number of alkyl halides is 1. The Morgan fingerprint density at radius 2 is 1.89 bits per heavy atom. The molecule has 1 aliphatic carbocycles. The van der Waals surface area contributed by atoms with Gasteiger partial charge in [0.15, 0.2) is 0 Å². The predicted molar refractivity (Wildman–Crippen MR) is 81.1 cm³/mol. The molecule has 0 heterocycles. The normalized spacial score (nSPS) is 27.3. The molecule has 1 aromatic carbocycles. The summed E-state index contributed by atoms with van der Waals surface area (Å²) in [4.78, 5) is 0.605. The summed E-state index contributed by atoms with van der Waals surface area (Å²) >= 11 is 7.33. The Kier molecular flexibility index (Phi) is 4.59. The van der Waals surface area contributed by atoms with Gasteiger partial charge in [-0.05, 0) is 52.2 Å². The van der Waals surface area contributed by atoms with Crippen LogP contribution in [0.15, 0.2) is 16.6 Å². The van der Waals surface area contributed by atoms with Crippen LogP contribution in [-0.2, 0) is 0 Å². The number of hydrogen-bond acceptors (Lipinski definition) is 2. The van der Waals surface area contributed by atoms with E-state index in [9.17, 15) is 0 Å². The first-order chi connectivity index (χ1) is 8.60. The summed E-state index contributed by atoms with van der Waals surface area (Å²) < 4.78 is 11.8. The highest BCUT2D eigenvalue weighted by atomic mass is 79.9. The maximum Gasteiger partial charge on any atom is 0.140 e. The second-order valence-corrected chi connectivity index (χ2v) is 6.73. The van der Waals surface area contributed by atoms with Gasteiger partial charge in [0.1, 0.15) is 16.0 Å². The van der Waals surface area contributed by atoms with E-state index in [-0.39, 0.29) is 0 Å². The van der Waals surface area contributed by atoms with E-state index < -0.39 is 0 Å². The minimum atomic E-state index is 0.548. The van der Waals surface area contributed by atoms with E-state index in [4.69, 9.17) is 9.47 Å². The standard InChI is InChI=1S/C14H18Br2O2/c1-8-9(4-6-11(8)15)10-5-7-12(17-2)13(16)14(10)18-3/h5,7-9,11H,4,6H2,1-3H3. The summed E-state index contributed by atoms with van der Waals surface area (Å²) in [6.07, 6.45) is 2.42. The van der Waals surface area contributed by atoms with Crippen LogP contribution in [0, 0.1) is 5.92 Å². The van der Waals surface area contributed by atoms with Crippen molar-refractivity contribution >= 4 is 31.9 Å². The zero-order valence-corrected chi connectivity index (χ0v) is 14.0. The molecule has 0 spiro atoms. The summed E-state index contributed by atoms with van der Waals surface area (Å²) in [6, 6.07) is 4.14. The highest BCUT2D eigenvalue weighted by Crippen LogP contribution is 2.49. The number of methoxy groups -OCH3 is 2. The number of hydrogen-bond donors (Lipinski definition) is 0. The molecule has 0 aliphatic heterocycles. The first-order valence-electron chi connectivity index (χ1n) is 6.14. The first kappa shape index (κ1) is 14.2. The van der Waals surface area contributed by atoms with E-state index in [0.29, 0.717) is 16.7 Å². The summed E-state index contributed by atoms with van der Waals surface area (Å²) in [5.74, 6) is 2.90. The Bertz CT molecular complexity index is 434. The van der Waals surface area contributed by atoms with E-state index >= 15 is 0 Å². The second kappa shape index (κ2) is 5.83. The summed E-state index contributed by atoms with van der Waals surface area (Å²) in [7, 11) is 3.39. The Morgan fingerprint density at radius 3 is 2.39 bits per heavy atom. The Morgan fingerprint density at radius 1 is 1.17 bits per heavy atom. The minimum absolute atomic E-state index is 0.548. The number of rotatable bonds is 3. The van der Waals surface area contributed by atoms with Crippen molar-refractivity contribution in [3.05, 3.63) is 22.2 Å². The van der Waals surface area contributed by atoms with Crippen molar-refractivity contribution < 1.29 is 9.47 Å². The lowest BCUT2D eigenvalue weighted by Crippen LogP contribution is -2.10. The van der Waals surface area contributed by atoms with Crippen LogP contribution >= 0.6 is 31.9 Å². The maximum atomic E-state index is 5.57. The molecule has 1 saturated carbocycles. The molecule has 2 rings (SSSR count). The van der Waals surface area contributed by atoms with Crippen molar-refractivity contribution in [1.29, 1.82) is 0 Å². The molecular weight excluding hydrogens is 360 g/mol. The van der Waals surface area contributed by atoms with Crippen LogP contribution in [-0.4, -0.2) is 19.0 Å². The summed E-state index contributed by atoms with van der Waals surface area (Å²) in [5, 5.41) is 0. The lowest BCUT2D eigenvalue weighted by atomic mass is 9.89. The molecular formula is C14H18Br2O2. The van der Waals surface area contributed by atoms with Gasteiger partial charge >= 0.3 is 0 Å². The van der Waals surface area contributed by atoms with E-state index in [1.54, 1.807) is 14.2 Å². The summed E-state index contributed by atoms with van der Waals surface area (Å²) in [6.45, 7) is 2.30. The molecule has 100 valence electrons. The predicted octanol–water partition coefficient (Wildman–Crippen LogP) is 4.74. The van der Waals surface area contributed by atoms with Crippen molar-refractivity contribution in [3.8, 4) is 11.5 Å². The van der Waals surface area contributed by atoms with Crippen LogP contribution in [0.1, 0.15) is 31.2 Å². The molecule has 4 heteroatoms. The molecule has 2 nitrogen and oxygen atoms in total. The SMILES string of the molecule is COc1ccc(C2CCC(Br)C2C)c(OC)c1Br. The van der Waals surface area contributed by atoms with Crippen LogP contribution in [0.25, 0.3) is 0 Å². The quantitative estimate of drug-likeness (QED) is 0.708. The van der Waals surface area contributed by atoms with Gasteiger partial charge in [0, 0.05) is 4.83 Å². The zero-order valence-electron chi connectivity index (χ0n) is 10.9. The maximum absolute atomic E-state index is 5.57. The van der Waals surface area contributed by atoms with Gasteiger partial charge in [-0.25, -0.2) is 0 Å². The second-order valence-electron chi connectivity index (χ2n) is 4.76. The fourth-order valence-corrected chi connectivity index (χ4v) is 4.08. The van der Waals surface area contributed by atoms with E-state index in [1.807, 2.05) is 6.07 Å². The van der Waals surface area contributed by atoms with Crippen LogP contribution in [0.4, 0.5) is 0 Å². The number of halogens is 2. The molecule has 0 radical (unpaired) electrons. The van der Waals surface area contributed by atoms with E-state index in [1.165, 1.54) is 18.4 Å². The third kappa shape index (κ3) is 2.42. The van der Waals surface area contributed by atoms with Crippen molar-refractivity contribution in [2.45, 2.75) is 30.5 Å². The fourth-order valence-electron chi connectivity index (χ4n) is 2.77. The minimum Gasteiger partial charge on any atom is -0.495 e. The molecule has 3 unspecified atom stereocenters. The van der Waals surface area contributed by atoms with Crippen LogP contribution < -0.4 is 9.47 Å². The van der Waals surface area contributed by atoms with Gasteiger partial charge in [0.25, 0.3) is 0 Å². The van der Waals surface area contributed by atoms with Crippen molar-refractivity contribution in [2.75, 3.05) is 14.2 Å². The van der Waals surface area contributed by atoms with Crippen LogP contribution in [0.5, 0.6) is 11.5 Å². The van der Waals surface area contributed by atoms with Gasteiger partial charge in [-0.15, -0.1) is 0 Å². The molecule has 0 bridgehead atoms. The van der Waals surface area contributed by atoms with Gasteiger partial charge in [0.05, 0.1) is 14.2 Å². The average Bonchev–Trinajstić information content (AvgIpc) is 2.69. The third-order valence-electron chi connectivity index (χ3n) is 3.87. The van der Waals surface area contributed by atoms with Crippen molar-refractivity contribution in [2.24, 2.45) is 5.92 Å². The highest BCUT2D eigenvalue weighted by molar-refractivity contribution is 9.10. The lowest BCUT2D eigenvalue weighted by molar-refractivity contribution is 0.379. The zero-order chi connectivity index (χ0) is 13.3. The molecule has 1 aliphatic rings. The average molecular weight is 378 g/mol. The molecule has 18 heavy (non-hydrogen) atoms. The first-order valence-corrected chi connectivity index (χ1v) is 7.85. The topological polar surface area (TPSA) is 18.5 Å². The molecule has 0 amide bonds. The molecule has 1 fully saturated rings. The summed E-state index contributed by atoms with van der Waals surface area (Å²) in [5.41, 5.74) is 1.28. The van der Waals surface area contributed by atoms with Gasteiger partial charge in [-0.3, -0.25) is 0 Å². The molecule has 0 N–H and O–H groups in total. The smallest absolute Gasteiger partial charge is 0.140 e. The van der Waals surface area contributed by atoms with Gasteiger partial charge < -0.3 is 9.47 Å². The van der Waals surface area contributed by atoms with Crippen molar-refractivity contribution in [1.82, 2.24) is 0 Å². The fraction of sp³-hybridized carbons (Fsp3) is 0.571. The third-order valence-corrected chi connectivity index (χ3v) is 5.92. The lowest BCUT2D eigenvalue weighted by Gasteiger charge is -2.22. The van der Waals surface area contributed by atoms with Crippen molar-refractivity contribution in [3.63, 3.8) is 0 Å². The van der Waals surface area contributed by atoms with E-state index in [2.05, 4.69) is 44.8 Å². The Hall–Kier alpha value is -0.220. The van der Waals surface area contributed by atoms with E-state index in [0.717, 1.165) is 16.0 Å².